The Kier molecular flexibility index (Phi) is 3.91. The van der Waals surface area contributed by atoms with Crippen LogP contribution in [-0.2, 0) is 14.3 Å². The van der Waals surface area contributed by atoms with Gasteiger partial charge in [-0.05, 0) is 6.92 Å². The number of nitrogens with zero attached hydrogens (tertiary/aromatic N) is 1. The second-order valence-corrected chi connectivity index (χ2v) is 2.78. The van der Waals surface area contributed by atoms with Crippen LogP contribution in [0.2, 0.25) is 0 Å². The molecule has 1 atom stereocenters. The Hall–Kier alpha value is -1.27. The zero-order valence-electron chi connectivity index (χ0n) is 7.88. The number of alkyl halides is 3. The standard InChI is InChI=1S/C7H10F3NO3/c1-4(5(12)11(2)3)14-6(13)7(8,9)10/h4H,1-3H3. The first-order valence-corrected chi connectivity index (χ1v) is 3.65. The van der Waals surface area contributed by atoms with E-state index in [2.05, 4.69) is 4.74 Å². The predicted molar refractivity (Wildman–Crippen MR) is 40.3 cm³/mol. The summed E-state index contributed by atoms with van der Waals surface area (Å²) in [4.78, 5) is 22.3. The number of amides is 1. The lowest BCUT2D eigenvalue weighted by molar-refractivity contribution is -0.205. The van der Waals surface area contributed by atoms with Gasteiger partial charge in [-0.1, -0.05) is 0 Å². The number of halogens is 3. The van der Waals surface area contributed by atoms with Crippen LogP contribution in [0.1, 0.15) is 6.92 Å². The van der Waals surface area contributed by atoms with Gasteiger partial charge in [0.15, 0.2) is 6.10 Å². The highest BCUT2D eigenvalue weighted by atomic mass is 19.4. The fourth-order valence-electron chi connectivity index (χ4n) is 0.641. The third-order valence-corrected chi connectivity index (χ3v) is 1.30. The number of esters is 1. The zero-order valence-corrected chi connectivity index (χ0v) is 7.88. The normalized spacial score (nSPS) is 13.3. The average Bonchev–Trinajstić information content (AvgIpc) is 2.00. The molecule has 0 aliphatic carbocycles. The van der Waals surface area contributed by atoms with Crippen molar-refractivity contribution in [1.82, 2.24) is 4.90 Å². The molecule has 0 heterocycles. The molecule has 0 saturated heterocycles. The molecular formula is C7H10F3NO3. The van der Waals surface area contributed by atoms with Crippen molar-refractivity contribution in [1.29, 1.82) is 0 Å². The van der Waals surface area contributed by atoms with E-state index in [-0.39, 0.29) is 0 Å². The quantitative estimate of drug-likeness (QED) is 0.630. The van der Waals surface area contributed by atoms with Crippen LogP contribution >= 0.6 is 0 Å². The second-order valence-electron chi connectivity index (χ2n) is 2.78. The molecule has 0 fully saturated rings. The number of hydrogen-bond donors (Lipinski definition) is 0. The molecule has 1 amide bonds. The van der Waals surface area contributed by atoms with Crippen LogP contribution < -0.4 is 0 Å². The molecule has 1 unspecified atom stereocenters. The van der Waals surface area contributed by atoms with Gasteiger partial charge in [0.25, 0.3) is 5.91 Å². The van der Waals surface area contributed by atoms with Gasteiger partial charge in [0.05, 0.1) is 0 Å². The molecule has 0 aromatic heterocycles. The topological polar surface area (TPSA) is 46.6 Å². The van der Waals surface area contributed by atoms with Crippen molar-refractivity contribution in [3.05, 3.63) is 0 Å². The first kappa shape index (κ1) is 12.7. The fraction of sp³-hybridized carbons (Fsp3) is 0.714. The first-order valence-electron chi connectivity index (χ1n) is 3.65. The lowest BCUT2D eigenvalue weighted by Crippen LogP contribution is -2.38. The minimum atomic E-state index is -5.07. The van der Waals surface area contributed by atoms with Crippen LogP contribution in [0.4, 0.5) is 13.2 Å². The van der Waals surface area contributed by atoms with E-state index in [0.717, 1.165) is 11.8 Å². The maximum Gasteiger partial charge on any atom is 0.490 e. The molecule has 7 heteroatoms. The van der Waals surface area contributed by atoms with Gasteiger partial charge in [-0.2, -0.15) is 13.2 Å². The van der Waals surface area contributed by atoms with E-state index in [1.807, 2.05) is 0 Å². The number of carbonyl (C=O) groups is 2. The SMILES string of the molecule is CC(OC(=O)C(F)(F)F)C(=O)N(C)C. The maximum absolute atomic E-state index is 11.7. The lowest BCUT2D eigenvalue weighted by Gasteiger charge is -2.17. The summed E-state index contributed by atoms with van der Waals surface area (Å²) in [6.07, 6.45) is -6.50. The van der Waals surface area contributed by atoms with Gasteiger partial charge >= 0.3 is 12.1 Å². The van der Waals surface area contributed by atoms with Crippen molar-refractivity contribution in [2.24, 2.45) is 0 Å². The van der Waals surface area contributed by atoms with Crippen molar-refractivity contribution in [3.8, 4) is 0 Å². The summed E-state index contributed by atoms with van der Waals surface area (Å²) in [6.45, 7) is 1.08. The highest BCUT2D eigenvalue weighted by Crippen LogP contribution is 2.17. The largest absolute Gasteiger partial charge is 0.490 e. The third kappa shape index (κ3) is 3.63. The molecule has 0 aliphatic rings. The molecule has 0 N–H and O–H groups in total. The number of likely N-dealkylation sites (N-methyl/N-ethyl adjacent to an activating group) is 1. The summed E-state index contributed by atoms with van der Waals surface area (Å²) in [6, 6.07) is 0. The maximum atomic E-state index is 11.7. The van der Waals surface area contributed by atoms with Crippen molar-refractivity contribution < 1.29 is 27.5 Å². The van der Waals surface area contributed by atoms with E-state index >= 15 is 0 Å². The minimum Gasteiger partial charge on any atom is -0.446 e. The number of hydrogen-bond acceptors (Lipinski definition) is 3. The van der Waals surface area contributed by atoms with Gasteiger partial charge in [0.1, 0.15) is 0 Å². The highest BCUT2D eigenvalue weighted by Gasteiger charge is 2.42. The molecule has 0 rings (SSSR count). The van der Waals surface area contributed by atoms with Crippen LogP contribution in [0, 0.1) is 0 Å². The predicted octanol–water partition coefficient (Wildman–Crippen LogP) is 0.569. The molecule has 0 aromatic carbocycles. The Labute approximate surface area is 78.6 Å². The van der Waals surface area contributed by atoms with Crippen molar-refractivity contribution in [2.75, 3.05) is 14.1 Å². The zero-order chi connectivity index (χ0) is 11.5. The summed E-state index contributed by atoms with van der Waals surface area (Å²) in [5.74, 6) is -3.07. The summed E-state index contributed by atoms with van der Waals surface area (Å²) < 4.78 is 38.9. The van der Waals surface area contributed by atoms with E-state index in [1.165, 1.54) is 14.1 Å². The molecule has 4 nitrogen and oxygen atoms in total. The van der Waals surface area contributed by atoms with Crippen molar-refractivity contribution in [2.45, 2.75) is 19.2 Å². The summed E-state index contributed by atoms with van der Waals surface area (Å²) in [5, 5.41) is 0. The molecular weight excluding hydrogens is 203 g/mol. The van der Waals surface area contributed by atoms with Crippen molar-refractivity contribution in [3.63, 3.8) is 0 Å². The lowest BCUT2D eigenvalue weighted by atomic mass is 10.3. The third-order valence-electron chi connectivity index (χ3n) is 1.30. The molecule has 0 bridgehead atoms. The Morgan fingerprint density at radius 2 is 1.71 bits per heavy atom. The summed E-state index contributed by atoms with van der Waals surface area (Å²) >= 11 is 0. The molecule has 0 spiro atoms. The van der Waals surface area contributed by atoms with Crippen LogP contribution in [0.25, 0.3) is 0 Å². The summed E-state index contributed by atoms with van der Waals surface area (Å²) in [5.41, 5.74) is 0. The molecule has 0 radical (unpaired) electrons. The van der Waals surface area contributed by atoms with Crippen LogP contribution in [0.3, 0.4) is 0 Å². The fourth-order valence-corrected chi connectivity index (χ4v) is 0.641. The van der Waals surface area contributed by atoms with E-state index in [0.29, 0.717) is 0 Å². The molecule has 0 aliphatic heterocycles. The average molecular weight is 213 g/mol. The Morgan fingerprint density at radius 1 is 1.29 bits per heavy atom. The minimum absolute atomic E-state index is 0.706. The van der Waals surface area contributed by atoms with E-state index in [9.17, 15) is 22.8 Å². The molecule has 14 heavy (non-hydrogen) atoms. The first-order chi connectivity index (χ1) is 6.16. The van der Waals surface area contributed by atoms with Crippen molar-refractivity contribution >= 4 is 11.9 Å². The van der Waals surface area contributed by atoms with Gasteiger partial charge in [-0.15, -0.1) is 0 Å². The van der Waals surface area contributed by atoms with Crippen LogP contribution in [0.5, 0.6) is 0 Å². The Bertz CT molecular complexity index is 237. The molecule has 82 valence electrons. The van der Waals surface area contributed by atoms with Crippen LogP contribution in [-0.4, -0.2) is 43.2 Å². The van der Waals surface area contributed by atoms with E-state index < -0.39 is 24.2 Å². The van der Waals surface area contributed by atoms with Gasteiger partial charge in [0.2, 0.25) is 0 Å². The Morgan fingerprint density at radius 3 is 2.00 bits per heavy atom. The Balaban J connectivity index is 4.27. The van der Waals surface area contributed by atoms with Gasteiger partial charge in [0, 0.05) is 14.1 Å². The van der Waals surface area contributed by atoms with E-state index in [1.54, 1.807) is 0 Å². The monoisotopic (exact) mass is 213 g/mol. The van der Waals surface area contributed by atoms with Gasteiger partial charge in [-0.25, -0.2) is 4.79 Å². The smallest absolute Gasteiger partial charge is 0.446 e. The second kappa shape index (κ2) is 4.30. The van der Waals surface area contributed by atoms with Crippen LogP contribution in [0.15, 0.2) is 0 Å². The summed E-state index contributed by atoms with van der Waals surface area (Å²) in [7, 11) is 2.69. The number of rotatable bonds is 2. The highest BCUT2D eigenvalue weighted by molar-refractivity contribution is 5.84. The van der Waals surface area contributed by atoms with E-state index in [4.69, 9.17) is 0 Å². The number of carbonyl (C=O) groups excluding carboxylic acids is 2. The molecule has 0 saturated carbocycles. The molecule has 0 aromatic rings. The van der Waals surface area contributed by atoms with Gasteiger partial charge < -0.3 is 9.64 Å². The van der Waals surface area contributed by atoms with Gasteiger partial charge in [-0.3, -0.25) is 4.79 Å². The number of ether oxygens (including phenoxy) is 1.